The van der Waals surface area contributed by atoms with Crippen molar-refractivity contribution < 1.29 is 4.79 Å². The molecule has 0 aliphatic rings. The van der Waals surface area contributed by atoms with Crippen molar-refractivity contribution >= 4 is 42.1 Å². The second-order valence-electron chi connectivity index (χ2n) is 5.33. The highest BCUT2D eigenvalue weighted by atomic mass is 35.5. The lowest BCUT2D eigenvalue weighted by molar-refractivity contribution is 0.0902. The largest absolute Gasteiger partial charge is 0.340 e. The normalized spacial score (nSPS) is 12.5. The number of carbonyl (C=O) groups excluding carboxylic acids is 1. The van der Waals surface area contributed by atoms with Gasteiger partial charge < -0.3 is 11.1 Å². The SMILES string of the molecule is CCC(C)(NC(=O)c1ccc(CN)cc1)c1nc(C)cs1.Cl.Cl. The Morgan fingerprint density at radius 1 is 1.30 bits per heavy atom. The molecule has 1 aromatic heterocycles. The number of carbonyl (C=O) groups is 1. The van der Waals surface area contributed by atoms with Gasteiger partial charge in [0.15, 0.2) is 0 Å². The highest BCUT2D eigenvalue weighted by Crippen LogP contribution is 2.27. The van der Waals surface area contributed by atoms with E-state index >= 15 is 0 Å². The van der Waals surface area contributed by atoms with Gasteiger partial charge in [-0.15, -0.1) is 36.2 Å². The van der Waals surface area contributed by atoms with Gasteiger partial charge in [-0.25, -0.2) is 4.98 Å². The molecular weight excluding hydrogens is 353 g/mol. The van der Waals surface area contributed by atoms with Gasteiger partial charge in [0.2, 0.25) is 0 Å². The molecule has 0 radical (unpaired) electrons. The Bertz CT molecular complexity index is 631. The van der Waals surface area contributed by atoms with Gasteiger partial charge in [0.1, 0.15) is 5.01 Å². The summed E-state index contributed by atoms with van der Waals surface area (Å²) in [4.78, 5) is 16.9. The number of nitrogens with zero attached hydrogens (tertiary/aromatic N) is 1. The predicted molar refractivity (Wildman–Crippen MR) is 101 cm³/mol. The van der Waals surface area contributed by atoms with Crippen molar-refractivity contribution in [3.8, 4) is 0 Å². The number of hydrogen-bond acceptors (Lipinski definition) is 4. The van der Waals surface area contributed by atoms with Crippen LogP contribution in [-0.4, -0.2) is 10.9 Å². The van der Waals surface area contributed by atoms with Crippen LogP contribution in [0.1, 0.15) is 46.9 Å². The molecule has 1 unspecified atom stereocenters. The van der Waals surface area contributed by atoms with Crippen molar-refractivity contribution in [1.82, 2.24) is 10.3 Å². The summed E-state index contributed by atoms with van der Waals surface area (Å²) in [7, 11) is 0. The summed E-state index contributed by atoms with van der Waals surface area (Å²) in [6.07, 6.45) is 0.784. The quantitative estimate of drug-likeness (QED) is 0.834. The number of nitrogens with two attached hydrogens (primary N) is 1. The molecule has 0 aliphatic carbocycles. The first-order valence-electron chi connectivity index (χ1n) is 7.02. The van der Waals surface area contributed by atoms with Crippen molar-refractivity contribution in [1.29, 1.82) is 0 Å². The smallest absolute Gasteiger partial charge is 0.252 e. The Balaban J connectivity index is 0.00000242. The van der Waals surface area contributed by atoms with E-state index in [1.807, 2.05) is 31.4 Å². The molecule has 0 spiro atoms. The lowest BCUT2D eigenvalue weighted by Crippen LogP contribution is -2.43. The van der Waals surface area contributed by atoms with Crippen LogP contribution in [0.4, 0.5) is 0 Å². The summed E-state index contributed by atoms with van der Waals surface area (Å²) in [6, 6.07) is 7.37. The monoisotopic (exact) mass is 375 g/mol. The summed E-state index contributed by atoms with van der Waals surface area (Å²) >= 11 is 1.58. The van der Waals surface area contributed by atoms with Gasteiger partial charge in [-0.2, -0.15) is 0 Å². The van der Waals surface area contributed by atoms with Crippen molar-refractivity contribution in [3.63, 3.8) is 0 Å². The fourth-order valence-corrected chi connectivity index (χ4v) is 3.00. The van der Waals surface area contributed by atoms with Crippen LogP contribution in [0.25, 0.3) is 0 Å². The van der Waals surface area contributed by atoms with Gasteiger partial charge in [-0.05, 0) is 38.0 Å². The molecule has 3 N–H and O–H groups in total. The molecule has 2 rings (SSSR count). The van der Waals surface area contributed by atoms with E-state index in [1.54, 1.807) is 23.5 Å². The van der Waals surface area contributed by atoms with E-state index in [-0.39, 0.29) is 30.7 Å². The van der Waals surface area contributed by atoms with Gasteiger partial charge in [0.05, 0.1) is 5.54 Å². The lowest BCUT2D eigenvalue weighted by Gasteiger charge is -2.27. The number of aromatic nitrogens is 1. The van der Waals surface area contributed by atoms with Gasteiger partial charge in [-0.3, -0.25) is 4.79 Å². The number of rotatable bonds is 5. The van der Waals surface area contributed by atoms with Crippen LogP contribution in [0.5, 0.6) is 0 Å². The molecule has 2 aromatic rings. The number of nitrogens with one attached hydrogen (secondary N) is 1. The van der Waals surface area contributed by atoms with Crippen molar-refractivity contribution in [3.05, 3.63) is 51.5 Å². The Labute approximate surface area is 153 Å². The summed E-state index contributed by atoms with van der Waals surface area (Å²) < 4.78 is 0. The minimum absolute atomic E-state index is 0. The lowest BCUT2D eigenvalue weighted by atomic mass is 9.99. The summed E-state index contributed by atoms with van der Waals surface area (Å²) in [5.74, 6) is -0.0872. The summed E-state index contributed by atoms with van der Waals surface area (Å²) in [6.45, 7) is 6.50. The molecule has 7 heteroatoms. The van der Waals surface area contributed by atoms with E-state index in [2.05, 4.69) is 17.2 Å². The number of benzene rings is 1. The van der Waals surface area contributed by atoms with E-state index in [0.29, 0.717) is 12.1 Å². The zero-order chi connectivity index (χ0) is 15.5. The zero-order valence-corrected chi connectivity index (χ0v) is 15.9. The molecule has 0 bridgehead atoms. The predicted octanol–water partition coefficient (Wildman–Crippen LogP) is 3.81. The van der Waals surface area contributed by atoms with Crippen LogP contribution in [0, 0.1) is 6.92 Å². The molecule has 4 nitrogen and oxygen atoms in total. The first kappa shape index (κ1) is 21.9. The number of thiazole rings is 1. The van der Waals surface area contributed by atoms with Gasteiger partial charge in [-0.1, -0.05) is 19.1 Å². The van der Waals surface area contributed by atoms with E-state index < -0.39 is 5.54 Å². The summed E-state index contributed by atoms with van der Waals surface area (Å²) in [5.41, 5.74) is 7.76. The average Bonchev–Trinajstić information content (AvgIpc) is 2.94. The van der Waals surface area contributed by atoms with Crippen LogP contribution in [0.3, 0.4) is 0 Å². The van der Waals surface area contributed by atoms with Gasteiger partial charge in [0.25, 0.3) is 5.91 Å². The highest BCUT2D eigenvalue weighted by Gasteiger charge is 2.30. The van der Waals surface area contributed by atoms with E-state index in [1.165, 1.54) is 0 Å². The van der Waals surface area contributed by atoms with E-state index in [9.17, 15) is 4.79 Å². The number of hydrogen-bond donors (Lipinski definition) is 2. The standard InChI is InChI=1S/C16H21N3OS.2ClH/c1-4-16(3,15-18-11(2)10-21-15)19-14(20)13-7-5-12(9-17)6-8-13;;/h5-8,10H,4,9,17H2,1-3H3,(H,19,20);2*1H. The van der Waals surface area contributed by atoms with Gasteiger partial charge >= 0.3 is 0 Å². The minimum atomic E-state index is -0.442. The first-order chi connectivity index (χ1) is 9.98. The summed E-state index contributed by atoms with van der Waals surface area (Å²) in [5, 5.41) is 6.05. The number of halogens is 2. The Morgan fingerprint density at radius 3 is 2.35 bits per heavy atom. The molecule has 0 saturated heterocycles. The molecule has 1 atom stereocenters. The second kappa shape index (κ2) is 9.23. The minimum Gasteiger partial charge on any atom is -0.340 e. The van der Waals surface area contributed by atoms with Crippen LogP contribution in [-0.2, 0) is 12.1 Å². The van der Waals surface area contributed by atoms with Crippen LogP contribution in [0.15, 0.2) is 29.6 Å². The molecule has 0 fully saturated rings. The van der Waals surface area contributed by atoms with E-state index in [0.717, 1.165) is 22.7 Å². The van der Waals surface area contributed by atoms with Gasteiger partial charge in [0, 0.05) is 23.2 Å². The molecule has 128 valence electrons. The number of amides is 1. The molecule has 1 aromatic carbocycles. The maximum absolute atomic E-state index is 12.4. The third-order valence-corrected chi connectivity index (χ3v) is 4.86. The Morgan fingerprint density at radius 2 is 1.91 bits per heavy atom. The average molecular weight is 376 g/mol. The molecular formula is C16H23Cl2N3OS. The van der Waals surface area contributed by atoms with Crippen molar-refractivity contribution in [2.24, 2.45) is 5.73 Å². The molecule has 0 saturated carbocycles. The molecule has 0 aliphatic heterocycles. The zero-order valence-electron chi connectivity index (χ0n) is 13.5. The van der Waals surface area contributed by atoms with Crippen molar-refractivity contribution in [2.45, 2.75) is 39.3 Å². The molecule has 1 heterocycles. The van der Waals surface area contributed by atoms with Crippen LogP contribution < -0.4 is 11.1 Å². The topological polar surface area (TPSA) is 68.0 Å². The fourth-order valence-electron chi connectivity index (χ4n) is 2.02. The second-order valence-corrected chi connectivity index (χ2v) is 6.19. The van der Waals surface area contributed by atoms with E-state index in [4.69, 9.17) is 5.73 Å². The molecule has 23 heavy (non-hydrogen) atoms. The number of aryl methyl sites for hydroxylation is 1. The maximum atomic E-state index is 12.4. The Hall–Kier alpha value is -1.14. The highest BCUT2D eigenvalue weighted by molar-refractivity contribution is 7.09. The van der Waals surface area contributed by atoms with Crippen molar-refractivity contribution in [2.75, 3.05) is 0 Å². The van der Waals surface area contributed by atoms with Crippen LogP contribution >= 0.6 is 36.2 Å². The Kier molecular flexibility index (Phi) is 8.77. The maximum Gasteiger partial charge on any atom is 0.252 e. The molecule has 1 amide bonds. The van der Waals surface area contributed by atoms with Crippen LogP contribution in [0.2, 0.25) is 0 Å². The fraction of sp³-hybridized carbons (Fsp3) is 0.375. The third kappa shape index (κ3) is 5.18. The third-order valence-electron chi connectivity index (χ3n) is 3.64. The first-order valence-corrected chi connectivity index (χ1v) is 7.90.